The number of halogens is 3. The Morgan fingerprint density at radius 1 is 1.10 bits per heavy atom. The van der Waals surface area contributed by atoms with Gasteiger partial charge in [-0.2, -0.15) is 5.10 Å². The summed E-state index contributed by atoms with van der Waals surface area (Å²) >= 11 is 3.40. The topological polar surface area (TPSA) is 50.2 Å². The minimum atomic E-state index is -0.830. The van der Waals surface area contributed by atoms with Crippen molar-refractivity contribution in [1.29, 1.82) is 0 Å². The molecule has 156 valence electrons. The molecule has 0 unspecified atom stereocenters. The van der Waals surface area contributed by atoms with Gasteiger partial charge in [-0.1, -0.05) is 22.0 Å². The highest BCUT2D eigenvalue weighted by molar-refractivity contribution is 9.10. The summed E-state index contributed by atoms with van der Waals surface area (Å²) in [6.45, 7) is 2.13. The third-order valence-corrected chi connectivity index (χ3v) is 5.78. The molecule has 1 fully saturated rings. The van der Waals surface area contributed by atoms with Gasteiger partial charge in [0.15, 0.2) is 11.6 Å². The Labute approximate surface area is 181 Å². The summed E-state index contributed by atoms with van der Waals surface area (Å²) in [5, 5.41) is 7.35. The minimum Gasteiger partial charge on any atom is -0.349 e. The smallest absolute Gasteiger partial charge is 0.254 e. The van der Waals surface area contributed by atoms with E-state index in [2.05, 4.69) is 31.2 Å². The fourth-order valence-electron chi connectivity index (χ4n) is 3.58. The number of amides is 1. The molecule has 3 aromatic rings. The maximum atomic E-state index is 13.4. The molecule has 2 aromatic carbocycles. The number of carbonyl (C=O) groups is 1. The maximum Gasteiger partial charge on any atom is 0.254 e. The van der Waals surface area contributed by atoms with Crippen LogP contribution in [0.1, 0.15) is 28.8 Å². The first-order chi connectivity index (χ1) is 14.5. The second-order valence-corrected chi connectivity index (χ2v) is 8.34. The summed E-state index contributed by atoms with van der Waals surface area (Å²) < 4.78 is 29.1. The molecule has 1 aliphatic heterocycles. The van der Waals surface area contributed by atoms with Crippen molar-refractivity contribution in [2.24, 2.45) is 0 Å². The number of aromatic nitrogens is 2. The Hall–Kier alpha value is -2.58. The lowest BCUT2D eigenvalue weighted by Gasteiger charge is -2.32. The Morgan fingerprint density at radius 2 is 1.83 bits per heavy atom. The first-order valence-corrected chi connectivity index (χ1v) is 10.5. The third kappa shape index (κ3) is 4.94. The molecule has 1 saturated heterocycles. The summed E-state index contributed by atoms with van der Waals surface area (Å²) in [6, 6.07) is 11.8. The molecule has 5 nitrogen and oxygen atoms in total. The second kappa shape index (κ2) is 9.06. The number of nitrogens with zero attached hydrogens (tertiary/aromatic N) is 3. The van der Waals surface area contributed by atoms with Gasteiger partial charge in [0, 0.05) is 36.3 Å². The molecule has 0 aliphatic carbocycles. The van der Waals surface area contributed by atoms with Crippen LogP contribution in [-0.2, 0) is 6.54 Å². The SMILES string of the molecule is O=C(NC1CCN(Cc2ccc(F)c(F)c2)CC1)c1cnn(-c2ccc(Br)cc2)c1. The van der Waals surface area contributed by atoms with E-state index in [9.17, 15) is 13.6 Å². The highest BCUT2D eigenvalue weighted by atomic mass is 79.9. The summed E-state index contributed by atoms with van der Waals surface area (Å²) in [6.07, 6.45) is 4.89. The van der Waals surface area contributed by atoms with Crippen molar-refractivity contribution < 1.29 is 13.6 Å². The molecule has 0 spiro atoms. The number of rotatable bonds is 5. The number of carbonyl (C=O) groups excluding carboxylic acids is 1. The molecule has 1 N–H and O–H groups in total. The van der Waals surface area contributed by atoms with Gasteiger partial charge in [-0.3, -0.25) is 9.69 Å². The van der Waals surface area contributed by atoms with Gasteiger partial charge in [-0.15, -0.1) is 0 Å². The highest BCUT2D eigenvalue weighted by Crippen LogP contribution is 2.17. The van der Waals surface area contributed by atoms with Crippen molar-refractivity contribution in [3.8, 4) is 5.69 Å². The lowest BCUT2D eigenvalue weighted by Crippen LogP contribution is -2.44. The van der Waals surface area contributed by atoms with Gasteiger partial charge in [0.25, 0.3) is 5.91 Å². The first kappa shape index (κ1) is 20.7. The van der Waals surface area contributed by atoms with Crippen LogP contribution in [0.3, 0.4) is 0 Å². The van der Waals surface area contributed by atoms with Crippen LogP contribution in [0.5, 0.6) is 0 Å². The highest BCUT2D eigenvalue weighted by Gasteiger charge is 2.22. The van der Waals surface area contributed by atoms with Gasteiger partial charge in [0.1, 0.15) is 0 Å². The molecule has 0 radical (unpaired) electrons. The summed E-state index contributed by atoms with van der Waals surface area (Å²) in [7, 11) is 0. The van der Waals surface area contributed by atoms with Crippen LogP contribution in [0.15, 0.2) is 59.3 Å². The number of hydrogen-bond acceptors (Lipinski definition) is 3. The van der Waals surface area contributed by atoms with Gasteiger partial charge in [-0.05, 0) is 54.8 Å². The first-order valence-electron chi connectivity index (χ1n) is 9.76. The average molecular weight is 475 g/mol. The number of benzene rings is 2. The van der Waals surface area contributed by atoms with E-state index in [1.165, 1.54) is 6.07 Å². The third-order valence-electron chi connectivity index (χ3n) is 5.25. The van der Waals surface area contributed by atoms with E-state index in [0.29, 0.717) is 12.1 Å². The molecular formula is C22H21BrF2N4O. The molecule has 30 heavy (non-hydrogen) atoms. The van der Waals surface area contributed by atoms with Crippen LogP contribution in [0.2, 0.25) is 0 Å². The van der Waals surface area contributed by atoms with Gasteiger partial charge < -0.3 is 5.32 Å². The molecular weight excluding hydrogens is 454 g/mol. The summed E-state index contributed by atoms with van der Waals surface area (Å²) in [4.78, 5) is 14.8. The van der Waals surface area contributed by atoms with Crippen molar-refractivity contribution in [2.45, 2.75) is 25.4 Å². The maximum absolute atomic E-state index is 13.4. The van der Waals surface area contributed by atoms with E-state index in [0.717, 1.165) is 47.7 Å². The lowest BCUT2D eigenvalue weighted by atomic mass is 10.0. The fraction of sp³-hybridized carbons (Fsp3) is 0.273. The molecule has 0 atom stereocenters. The number of hydrogen-bond donors (Lipinski definition) is 1. The molecule has 4 rings (SSSR count). The van der Waals surface area contributed by atoms with Gasteiger partial charge in [0.05, 0.1) is 17.4 Å². The Kier molecular flexibility index (Phi) is 6.24. The molecule has 1 aliphatic rings. The zero-order chi connectivity index (χ0) is 21.1. The molecule has 2 heterocycles. The Bertz CT molecular complexity index is 1030. The minimum absolute atomic E-state index is 0.0785. The van der Waals surface area contributed by atoms with E-state index in [1.54, 1.807) is 23.1 Å². The van der Waals surface area contributed by atoms with Crippen molar-refractivity contribution in [1.82, 2.24) is 20.0 Å². The monoisotopic (exact) mass is 474 g/mol. The predicted molar refractivity (Wildman–Crippen MR) is 113 cm³/mol. The second-order valence-electron chi connectivity index (χ2n) is 7.42. The van der Waals surface area contributed by atoms with Gasteiger partial charge >= 0.3 is 0 Å². The lowest BCUT2D eigenvalue weighted by molar-refractivity contribution is 0.0909. The Balaban J connectivity index is 1.29. The largest absolute Gasteiger partial charge is 0.349 e. The normalized spacial score (nSPS) is 15.3. The molecule has 0 bridgehead atoms. The number of likely N-dealkylation sites (tertiary alicyclic amines) is 1. The predicted octanol–water partition coefficient (Wildman–Crippen LogP) is 4.31. The molecule has 0 saturated carbocycles. The van der Waals surface area contributed by atoms with Crippen molar-refractivity contribution in [2.75, 3.05) is 13.1 Å². The van der Waals surface area contributed by atoms with Crippen molar-refractivity contribution in [3.63, 3.8) is 0 Å². The van der Waals surface area contributed by atoms with Crippen LogP contribution < -0.4 is 5.32 Å². The van der Waals surface area contributed by atoms with E-state index in [-0.39, 0.29) is 11.9 Å². The van der Waals surface area contributed by atoms with Crippen LogP contribution in [0.4, 0.5) is 8.78 Å². The van der Waals surface area contributed by atoms with Crippen molar-refractivity contribution >= 4 is 21.8 Å². The zero-order valence-electron chi connectivity index (χ0n) is 16.2. The van der Waals surface area contributed by atoms with Crippen LogP contribution in [-0.4, -0.2) is 39.7 Å². The van der Waals surface area contributed by atoms with E-state index >= 15 is 0 Å². The van der Waals surface area contributed by atoms with E-state index in [1.807, 2.05) is 24.3 Å². The molecule has 1 amide bonds. The van der Waals surface area contributed by atoms with E-state index < -0.39 is 11.6 Å². The summed E-state index contributed by atoms with van der Waals surface area (Å²) in [5.41, 5.74) is 2.14. The van der Waals surface area contributed by atoms with E-state index in [4.69, 9.17) is 0 Å². The average Bonchev–Trinajstić information content (AvgIpc) is 3.23. The standard InChI is InChI=1S/C22H21BrF2N4O/c23-17-2-4-19(5-3-17)29-14-16(12-26-29)22(30)27-18-7-9-28(10-8-18)13-15-1-6-20(24)21(25)11-15/h1-6,11-12,14,18H,7-10,13H2,(H,27,30). The van der Waals surface area contributed by atoms with Crippen LogP contribution >= 0.6 is 15.9 Å². The quantitative estimate of drug-likeness (QED) is 0.599. The van der Waals surface area contributed by atoms with Gasteiger partial charge in [0.2, 0.25) is 0 Å². The number of piperidine rings is 1. The molecule has 1 aromatic heterocycles. The Morgan fingerprint density at radius 3 is 2.53 bits per heavy atom. The van der Waals surface area contributed by atoms with Crippen LogP contribution in [0, 0.1) is 11.6 Å². The van der Waals surface area contributed by atoms with Crippen molar-refractivity contribution in [3.05, 3.63) is 82.1 Å². The molecule has 8 heteroatoms. The fourth-order valence-corrected chi connectivity index (χ4v) is 3.84. The van der Waals surface area contributed by atoms with Crippen LogP contribution in [0.25, 0.3) is 5.69 Å². The summed E-state index contributed by atoms with van der Waals surface area (Å²) in [5.74, 6) is -1.79. The number of nitrogens with one attached hydrogen (secondary N) is 1. The van der Waals surface area contributed by atoms with Gasteiger partial charge in [-0.25, -0.2) is 13.5 Å². The zero-order valence-corrected chi connectivity index (χ0v) is 17.8.